The number of nitrogens with one attached hydrogen (secondary N) is 2. The van der Waals surface area contributed by atoms with Crippen molar-refractivity contribution < 1.29 is 9.59 Å². The van der Waals surface area contributed by atoms with E-state index in [4.69, 9.17) is 0 Å². The van der Waals surface area contributed by atoms with Gasteiger partial charge in [-0.25, -0.2) is 5.43 Å². The number of hydrogen-bond acceptors (Lipinski definition) is 3. The van der Waals surface area contributed by atoms with Crippen LogP contribution in [-0.4, -0.2) is 18.0 Å². The molecule has 0 unspecified atom stereocenters. The predicted octanol–water partition coefficient (Wildman–Crippen LogP) is 2.88. The van der Waals surface area contributed by atoms with E-state index in [0.717, 1.165) is 16.7 Å². The average molecular weight is 337 g/mol. The van der Waals surface area contributed by atoms with Crippen molar-refractivity contribution in [3.63, 3.8) is 0 Å². The van der Waals surface area contributed by atoms with Crippen LogP contribution in [0.15, 0.2) is 53.6 Å². The first kappa shape index (κ1) is 18.4. The maximum Gasteiger partial charge on any atom is 0.329 e. The molecule has 0 heterocycles. The standard InChI is InChI=1S/C20H23N3O2/c1-14(2)18-10-8-17(9-11-18)13-22-23-20(25)19(24)21-12-16-6-4-15(3)5-7-16/h4-11,13-14H,12H2,1-3H3,(H,21,24)(H,23,25). The van der Waals surface area contributed by atoms with Crippen LogP contribution in [0.25, 0.3) is 0 Å². The van der Waals surface area contributed by atoms with Crippen LogP contribution in [0.1, 0.15) is 42.0 Å². The smallest absolute Gasteiger partial charge is 0.329 e. The molecule has 0 bridgehead atoms. The van der Waals surface area contributed by atoms with Gasteiger partial charge < -0.3 is 5.32 Å². The van der Waals surface area contributed by atoms with E-state index in [0.29, 0.717) is 12.5 Å². The summed E-state index contributed by atoms with van der Waals surface area (Å²) in [6.45, 7) is 6.54. The number of carbonyl (C=O) groups excluding carboxylic acids is 2. The summed E-state index contributed by atoms with van der Waals surface area (Å²) in [7, 11) is 0. The first-order valence-corrected chi connectivity index (χ1v) is 8.22. The van der Waals surface area contributed by atoms with Crippen molar-refractivity contribution >= 4 is 18.0 Å². The largest absolute Gasteiger partial charge is 0.344 e. The molecule has 5 nitrogen and oxygen atoms in total. The molecule has 0 fully saturated rings. The van der Waals surface area contributed by atoms with Gasteiger partial charge in [-0.2, -0.15) is 5.10 Å². The number of rotatable bonds is 5. The Morgan fingerprint density at radius 2 is 1.64 bits per heavy atom. The average Bonchev–Trinajstić information content (AvgIpc) is 2.61. The van der Waals surface area contributed by atoms with E-state index in [1.807, 2.05) is 55.5 Å². The maximum absolute atomic E-state index is 11.7. The normalized spacial score (nSPS) is 10.9. The van der Waals surface area contributed by atoms with Crippen molar-refractivity contribution in [2.75, 3.05) is 0 Å². The summed E-state index contributed by atoms with van der Waals surface area (Å²) in [6, 6.07) is 15.6. The van der Waals surface area contributed by atoms with E-state index in [2.05, 4.69) is 29.7 Å². The highest BCUT2D eigenvalue weighted by atomic mass is 16.2. The predicted molar refractivity (Wildman–Crippen MR) is 99.3 cm³/mol. The molecular formula is C20H23N3O2. The van der Waals surface area contributed by atoms with E-state index in [-0.39, 0.29) is 0 Å². The van der Waals surface area contributed by atoms with E-state index < -0.39 is 11.8 Å². The second-order valence-electron chi connectivity index (χ2n) is 6.19. The van der Waals surface area contributed by atoms with Gasteiger partial charge in [0.2, 0.25) is 0 Å². The summed E-state index contributed by atoms with van der Waals surface area (Å²) in [5.74, 6) is -1.04. The molecule has 0 aliphatic carbocycles. The number of hydrogen-bond donors (Lipinski definition) is 2. The lowest BCUT2D eigenvalue weighted by molar-refractivity contribution is -0.139. The molecule has 2 amide bonds. The summed E-state index contributed by atoms with van der Waals surface area (Å²) in [5, 5.41) is 6.38. The number of nitrogens with zero attached hydrogens (tertiary/aromatic N) is 1. The zero-order valence-corrected chi connectivity index (χ0v) is 14.7. The first-order chi connectivity index (χ1) is 12.0. The molecule has 0 saturated heterocycles. The van der Waals surface area contributed by atoms with E-state index >= 15 is 0 Å². The minimum Gasteiger partial charge on any atom is -0.344 e. The molecule has 0 aromatic heterocycles. The van der Waals surface area contributed by atoms with Crippen LogP contribution in [-0.2, 0) is 16.1 Å². The quantitative estimate of drug-likeness (QED) is 0.500. The molecule has 2 aromatic rings. The Labute approximate surface area is 148 Å². The number of benzene rings is 2. The van der Waals surface area contributed by atoms with Crippen molar-refractivity contribution in [3.05, 3.63) is 70.8 Å². The fraction of sp³-hybridized carbons (Fsp3) is 0.250. The van der Waals surface area contributed by atoms with Gasteiger partial charge >= 0.3 is 11.8 Å². The topological polar surface area (TPSA) is 70.6 Å². The lowest BCUT2D eigenvalue weighted by Crippen LogP contribution is -2.37. The second-order valence-corrected chi connectivity index (χ2v) is 6.19. The van der Waals surface area contributed by atoms with Crippen molar-refractivity contribution in [1.29, 1.82) is 0 Å². The Kier molecular flexibility index (Phi) is 6.46. The van der Waals surface area contributed by atoms with Crippen molar-refractivity contribution in [2.24, 2.45) is 5.10 Å². The van der Waals surface area contributed by atoms with Gasteiger partial charge in [0, 0.05) is 6.54 Å². The van der Waals surface area contributed by atoms with Crippen LogP contribution < -0.4 is 10.7 Å². The Balaban J connectivity index is 1.80. The molecule has 0 aliphatic heterocycles. The SMILES string of the molecule is Cc1ccc(CNC(=O)C(=O)NN=Cc2ccc(C(C)C)cc2)cc1. The summed E-state index contributed by atoms with van der Waals surface area (Å²) in [6.07, 6.45) is 1.51. The fourth-order valence-corrected chi connectivity index (χ4v) is 2.15. The van der Waals surface area contributed by atoms with Crippen LogP contribution in [0.5, 0.6) is 0 Å². The van der Waals surface area contributed by atoms with Gasteiger partial charge in [0.1, 0.15) is 0 Å². The van der Waals surface area contributed by atoms with Crippen molar-refractivity contribution in [1.82, 2.24) is 10.7 Å². The molecule has 0 aliphatic rings. The zero-order valence-electron chi connectivity index (χ0n) is 14.7. The van der Waals surface area contributed by atoms with E-state index in [1.165, 1.54) is 11.8 Å². The molecule has 5 heteroatoms. The highest BCUT2D eigenvalue weighted by Crippen LogP contribution is 2.13. The summed E-state index contributed by atoms with van der Waals surface area (Å²) in [5.41, 5.74) is 6.39. The third kappa shape index (κ3) is 5.88. The van der Waals surface area contributed by atoms with Gasteiger partial charge in [0.15, 0.2) is 0 Å². The van der Waals surface area contributed by atoms with E-state index in [1.54, 1.807) is 0 Å². The summed E-state index contributed by atoms with van der Waals surface area (Å²) >= 11 is 0. The first-order valence-electron chi connectivity index (χ1n) is 8.22. The maximum atomic E-state index is 11.7. The van der Waals surface area contributed by atoms with Gasteiger partial charge in [-0.05, 0) is 29.5 Å². The third-order valence-corrected chi connectivity index (χ3v) is 3.76. The van der Waals surface area contributed by atoms with Crippen LogP contribution in [0.4, 0.5) is 0 Å². The van der Waals surface area contributed by atoms with Gasteiger partial charge in [-0.3, -0.25) is 9.59 Å². The summed E-state index contributed by atoms with van der Waals surface area (Å²) in [4.78, 5) is 23.5. The Morgan fingerprint density at radius 1 is 1.00 bits per heavy atom. The molecule has 0 radical (unpaired) electrons. The number of carbonyl (C=O) groups is 2. The van der Waals surface area contributed by atoms with Crippen LogP contribution in [0.3, 0.4) is 0 Å². The minimum absolute atomic E-state index is 0.299. The Hall–Kier alpha value is -2.95. The number of hydrazone groups is 1. The third-order valence-electron chi connectivity index (χ3n) is 3.76. The molecule has 0 spiro atoms. The van der Waals surface area contributed by atoms with Gasteiger partial charge in [-0.15, -0.1) is 0 Å². The zero-order chi connectivity index (χ0) is 18.2. The van der Waals surface area contributed by atoms with Gasteiger partial charge in [-0.1, -0.05) is 67.9 Å². The van der Waals surface area contributed by atoms with Crippen molar-refractivity contribution in [3.8, 4) is 0 Å². The molecule has 2 rings (SSSR count). The van der Waals surface area contributed by atoms with Gasteiger partial charge in [0.25, 0.3) is 0 Å². The van der Waals surface area contributed by atoms with E-state index in [9.17, 15) is 9.59 Å². The molecular weight excluding hydrogens is 314 g/mol. The minimum atomic E-state index is -0.790. The summed E-state index contributed by atoms with van der Waals surface area (Å²) < 4.78 is 0. The number of aryl methyl sites for hydroxylation is 1. The van der Waals surface area contributed by atoms with Crippen LogP contribution >= 0.6 is 0 Å². The Bertz CT molecular complexity index is 748. The monoisotopic (exact) mass is 337 g/mol. The lowest BCUT2D eigenvalue weighted by atomic mass is 10.0. The van der Waals surface area contributed by atoms with Crippen LogP contribution in [0, 0.1) is 6.92 Å². The molecule has 130 valence electrons. The lowest BCUT2D eigenvalue weighted by Gasteiger charge is -2.05. The number of amides is 2. The molecule has 0 saturated carbocycles. The highest BCUT2D eigenvalue weighted by Gasteiger charge is 2.11. The molecule has 25 heavy (non-hydrogen) atoms. The second kappa shape index (κ2) is 8.78. The van der Waals surface area contributed by atoms with Crippen LogP contribution in [0.2, 0.25) is 0 Å². The molecule has 2 aromatic carbocycles. The molecule has 0 atom stereocenters. The Morgan fingerprint density at radius 3 is 2.24 bits per heavy atom. The fourth-order valence-electron chi connectivity index (χ4n) is 2.15. The molecule has 2 N–H and O–H groups in total. The van der Waals surface area contributed by atoms with Gasteiger partial charge in [0.05, 0.1) is 6.21 Å². The highest BCUT2D eigenvalue weighted by molar-refractivity contribution is 6.35. The van der Waals surface area contributed by atoms with Crippen molar-refractivity contribution in [2.45, 2.75) is 33.2 Å².